The molecule has 2 aliphatic heterocycles. The second-order valence-corrected chi connectivity index (χ2v) is 6.15. The summed E-state index contributed by atoms with van der Waals surface area (Å²) in [5.41, 5.74) is 0. The summed E-state index contributed by atoms with van der Waals surface area (Å²) in [6, 6.07) is 2.57. The van der Waals surface area contributed by atoms with E-state index in [1.807, 2.05) is 17.2 Å². The molecule has 0 atom stereocenters. The Morgan fingerprint density at radius 1 is 1.14 bits per heavy atom. The Bertz CT molecular complexity index is 445. The molecular formula is C15H25N5O. The van der Waals surface area contributed by atoms with Crippen molar-refractivity contribution in [2.24, 2.45) is 0 Å². The highest BCUT2D eigenvalue weighted by Crippen LogP contribution is 2.17. The van der Waals surface area contributed by atoms with Crippen LogP contribution in [0.1, 0.15) is 12.8 Å². The van der Waals surface area contributed by atoms with Crippen LogP contribution >= 0.6 is 0 Å². The summed E-state index contributed by atoms with van der Waals surface area (Å²) in [5, 5.41) is 4.10. The zero-order chi connectivity index (χ0) is 14.7. The molecule has 21 heavy (non-hydrogen) atoms. The number of piperidine rings is 1. The molecular weight excluding hydrogens is 266 g/mol. The molecule has 1 aromatic rings. The van der Waals surface area contributed by atoms with Gasteiger partial charge in [-0.1, -0.05) is 0 Å². The Morgan fingerprint density at radius 3 is 2.48 bits per heavy atom. The highest BCUT2D eigenvalue weighted by Gasteiger charge is 2.27. The number of carbonyl (C=O) groups excluding carboxylic acids is 1. The predicted molar refractivity (Wildman–Crippen MR) is 80.9 cm³/mol. The molecule has 0 aliphatic carbocycles. The average molecular weight is 291 g/mol. The molecule has 0 unspecified atom stereocenters. The van der Waals surface area contributed by atoms with Crippen molar-refractivity contribution in [2.75, 3.05) is 46.3 Å². The first-order valence-corrected chi connectivity index (χ1v) is 7.90. The highest BCUT2D eigenvalue weighted by molar-refractivity contribution is 5.76. The van der Waals surface area contributed by atoms with Gasteiger partial charge >= 0.3 is 0 Å². The van der Waals surface area contributed by atoms with Crippen LogP contribution in [0, 0.1) is 0 Å². The van der Waals surface area contributed by atoms with Gasteiger partial charge < -0.3 is 9.80 Å². The predicted octanol–water partition coefficient (Wildman–Crippen LogP) is 0.122. The molecule has 1 aromatic heterocycles. The SMILES string of the molecule is CN1CCC(N2CCN(C(=O)Cn3cccn3)CC2)CC1. The molecule has 2 aliphatic rings. The second kappa shape index (κ2) is 6.58. The topological polar surface area (TPSA) is 44.6 Å². The molecule has 6 heteroatoms. The van der Waals surface area contributed by atoms with Crippen molar-refractivity contribution in [3.8, 4) is 0 Å². The first kappa shape index (κ1) is 14.5. The summed E-state index contributed by atoms with van der Waals surface area (Å²) in [7, 11) is 2.20. The van der Waals surface area contributed by atoms with Gasteiger partial charge in [0.05, 0.1) is 0 Å². The smallest absolute Gasteiger partial charge is 0.244 e. The van der Waals surface area contributed by atoms with Gasteiger partial charge in [0.1, 0.15) is 6.54 Å². The molecule has 116 valence electrons. The number of carbonyl (C=O) groups is 1. The molecule has 1 amide bonds. The fraction of sp³-hybridized carbons (Fsp3) is 0.733. The lowest BCUT2D eigenvalue weighted by Gasteiger charge is -2.42. The molecule has 0 spiro atoms. The number of hydrogen-bond acceptors (Lipinski definition) is 4. The van der Waals surface area contributed by atoms with E-state index in [1.165, 1.54) is 25.9 Å². The highest BCUT2D eigenvalue weighted by atomic mass is 16.2. The van der Waals surface area contributed by atoms with Crippen molar-refractivity contribution in [1.29, 1.82) is 0 Å². The molecule has 0 radical (unpaired) electrons. The molecule has 2 saturated heterocycles. The number of aromatic nitrogens is 2. The average Bonchev–Trinajstić information content (AvgIpc) is 3.01. The van der Waals surface area contributed by atoms with Gasteiger partial charge in [0.25, 0.3) is 0 Å². The van der Waals surface area contributed by atoms with Gasteiger partial charge in [-0.15, -0.1) is 0 Å². The fourth-order valence-corrected chi connectivity index (χ4v) is 3.33. The van der Waals surface area contributed by atoms with Gasteiger partial charge in [-0.2, -0.15) is 5.10 Å². The molecule has 0 N–H and O–H groups in total. The Labute approximate surface area is 126 Å². The van der Waals surface area contributed by atoms with Crippen LogP contribution in [0.3, 0.4) is 0 Å². The summed E-state index contributed by atoms with van der Waals surface area (Å²) >= 11 is 0. The zero-order valence-corrected chi connectivity index (χ0v) is 12.8. The first-order chi connectivity index (χ1) is 10.2. The van der Waals surface area contributed by atoms with E-state index in [0.29, 0.717) is 12.6 Å². The summed E-state index contributed by atoms with van der Waals surface area (Å²) in [4.78, 5) is 19.2. The molecule has 3 heterocycles. The van der Waals surface area contributed by atoms with Crippen molar-refractivity contribution in [1.82, 2.24) is 24.5 Å². The van der Waals surface area contributed by atoms with Crippen molar-refractivity contribution < 1.29 is 4.79 Å². The largest absolute Gasteiger partial charge is 0.339 e. The number of hydrogen-bond donors (Lipinski definition) is 0. The minimum atomic E-state index is 0.182. The van der Waals surface area contributed by atoms with Crippen LogP contribution in [0.15, 0.2) is 18.5 Å². The van der Waals surface area contributed by atoms with Crippen LogP contribution in [-0.4, -0.2) is 82.7 Å². The molecule has 2 fully saturated rings. The summed E-state index contributed by atoms with van der Waals surface area (Å²) in [6.45, 7) is 6.49. The van der Waals surface area contributed by atoms with E-state index in [9.17, 15) is 4.79 Å². The third-order valence-electron chi connectivity index (χ3n) is 4.73. The number of nitrogens with zero attached hydrogens (tertiary/aromatic N) is 5. The van der Waals surface area contributed by atoms with Crippen LogP contribution < -0.4 is 0 Å². The van der Waals surface area contributed by atoms with Crippen LogP contribution in [0.4, 0.5) is 0 Å². The van der Waals surface area contributed by atoms with Crippen molar-refractivity contribution in [2.45, 2.75) is 25.4 Å². The maximum atomic E-state index is 12.2. The number of likely N-dealkylation sites (tertiary alicyclic amines) is 1. The van der Waals surface area contributed by atoms with Crippen LogP contribution in [0.2, 0.25) is 0 Å². The van der Waals surface area contributed by atoms with Gasteiger partial charge in [0.15, 0.2) is 0 Å². The Kier molecular flexibility index (Phi) is 4.55. The number of amides is 1. The number of piperazine rings is 1. The minimum Gasteiger partial charge on any atom is -0.339 e. The third-order valence-corrected chi connectivity index (χ3v) is 4.73. The summed E-state index contributed by atoms with van der Waals surface area (Å²) in [5.74, 6) is 0.182. The lowest BCUT2D eigenvalue weighted by molar-refractivity contribution is -0.134. The second-order valence-electron chi connectivity index (χ2n) is 6.15. The van der Waals surface area contributed by atoms with Crippen LogP contribution in [0.5, 0.6) is 0 Å². The van der Waals surface area contributed by atoms with E-state index in [-0.39, 0.29) is 5.91 Å². The molecule has 0 bridgehead atoms. The van der Waals surface area contributed by atoms with Crippen molar-refractivity contribution in [3.05, 3.63) is 18.5 Å². The monoisotopic (exact) mass is 291 g/mol. The third kappa shape index (κ3) is 3.63. The van der Waals surface area contributed by atoms with E-state index < -0.39 is 0 Å². The maximum absolute atomic E-state index is 12.2. The van der Waals surface area contributed by atoms with E-state index in [1.54, 1.807) is 10.9 Å². The fourth-order valence-electron chi connectivity index (χ4n) is 3.33. The van der Waals surface area contributed by atoms with Gasteiger partial charge in [-0.25, -0.2) is 0 Å². The van der Waals surface area contributed by atoms with Gasteiger partial charge in [-0.3, -0.25) is 14.4 Å². The van der Waals surface area contributed by atoms with Crippen LogP contribution in [0.25, 0.3) is 0 Å². The molecule has 0 aromatic carbocycles. The van der Waals surface area contributed by atoms with E-state index in [0.717, 1.165) is 26.2 Å². The Balaban J connectivity index is 1.45. The van der Waals surface area contributed by atoms with Crippen molar-refractivity contribution >= 4 is 5.91 Å². The van der Waals surface area contributed by atoms with Crippen LogP contribution in [-0.2, 0) is 11.3 Å². The van der Waals surface area contributed by atoms with E-state index in [2.05, 4.69) is 21.9 Å². The van der Waals surface area contributed by atoms with E-state index >= 15 is 0 Å². The summed E-state index contributed by atoms with van der Waals surface area (Å²) < 4.78 is 1.70. The summed E-state index contributed by atoms with van der Waals surface area (Å²) in [6.07, 6.45) is 6.08. The molecule has 6 nitrogen and oxygen atoms in total. The molecule has 0 saturated carbocycles. The Hall–Kier alpha value is -1.40. The van der Waals surface area contributed by atoms with Gasteiger partial charge in [0.2, 0.25) is 5.91 Å². The maximum Gasteiger partial charge on any atom is 0.244 e. The lowest BCUT2D eigenvalue weighted by Crippen LogP contribution is -2.54. The minimum absolute atomic E-state index is 0.182. The number of rotatable bonds is 3. The lowest BCUT2D eigenvalue weighted by atomic mass is 10.0. The van der Waals surface area contributed by atoms with Gasteiger partial charge in [-0.05, 0) is 39.0 Å². The molecule has 3 rings (SSSR count). The van der Waals surface area contributed by atoms with E-state index in [4.69, 9.17) is 0 Å². The normalized spacial score (nSPS) is 22.6. The quantitative estimate of drug-likeness (QED) is 0.793. The zero-order valence-electron chi connectivity index (χ0n) is 12.8. The van der Waals surface area contributed by atoms with Crippen molar-refractivity contribution in [3.63, 3.8) is 0 Å². The first-order valence-electron chi connectivity index (χ1n) is 7.90. The van der Waals surface area contributed by atoms with Gasteiger partial charge in [0, 0.05) is 44.6 Å². The Morgan fingerprint density at radius 2 is 1.86 bits per heavy atom. The standard InChI is InChI=1S/C15H25N5O/c1-17-7-3-14(4-8-17)18-9-11-19(12-10-18)15(21)13-20-6-2-5-16-20/h2,5-6,14H,3-4,7-13H2,1H3.